The van der Waals surface area contributed by atoms with E-state index < -0.39 is 0 Å². The molecule has 0 saturated heterocycles. The van der Waals surface area contributed by atoms with E-state index in [1.165, 1.54) is 6.26 Å². The molecule has 0 spiro atoms. The zero-order valence-electron chi connectivity index (χ0n) is 11.2. The van der Waals surface area contributed by atoms with Crippen LogP contribution in [0.3, 0.4) is 0 Å². The minimum atomic E-state index is -0.240. The number of hydrogen-bond acceptors (Lipinski definition) is 4. The number of furan rings is 1. The highest BCUT2D eigenvalue weighted by Gasteiger charge is 2.07. The van der Waals surface area contributed by atoms with Gasteiger partial charge < -0.3 is 9.73 Å². The van der Waals surface area contributed by atoms with Crippen LogP contribution in [0.4, 0.5) is 0 Å². The summed E-state index contributed by atoms with van der Waals surface area (Å²) in [5.74, 6) is 0.0614. The summed E-state index contributed by atoms with van der Waals surface area (Å²) in [5.41, 5.74) is 2.73. The molecule has 0 fully saturated rings. The van der Waals surface area contributed by atoms with Crippen molar-refractivity contribution < 1.29 is 9.21 Å². The van der Waals surface area contributed by atoms with E-state index in [0.717, 1.165) is 16.8 Å². The lowest BCUT2D eigenvalue weighted by Gasteiger charge is -2.05. The Hall–Kier alpha value is -2.95. The molecule has 3 aromatic heterocycles. The Bertz CT molecular complexity index is 707. The molecule has 0 saturated carbocycles. The molecule has 0 atom stereocenters. The van der Waals surface area contributed by atoms with Crippen molar-refractivity contribution in [2.24, 2.45) is 0 Å². The van der Waals surface area contributed by atoms with Gasteiger partial charge in [-0.05, 0) is 35.9 Å². The molecule has 0 aromatic carbocycles. The van der Waals surface area contributed by atoms with Crippen LogP contribution in [-0.2, 0) is 6.54 Å². The lowest BCUT2D eigenvalue weighted by Crippen LogP contribution is -2.22. The van der Waals surface area contributed by atoms with Crippen LogP contribution in [0.2, 0.25) is 0 Å². The first-order chi connectivity index (χ1) is 10.3. The topological polar surface area (TPSA) is 68.0 Å². The summed E-state index contributed by atoms with van der Waals surface area (Å²) < 4.78 is 5.03. The van der Waals surface area contributed by atoms with Crippen LogP contribution in [0.15, 0.2) is 65.7 Å². The first-order valence-corrected chi connectivity index (χ1v) is 6.50. The summed E-state index contributed by atoms with van der Waals surface area (Å²) in [4.78, 5) is 20.2. The number of nitrogens with one attached hydrogen (secondary N) is 1. The number of carbonyl (C=O) groups excluding carboxylic acids is 1. The number of nitrogens with zero attached hydrogens (tertiary/aromatic N) is 2. The van der Waals surface area contributed by atoms with Gasteiger partial charge in [0.15, 0.2) is 5.76 Å². The van der Waals surface area contributed by atoms with Crippen LogP contribution in [0.25, 0.3) is 11.3 Å². The lowest BCUT2D eigenvalue weighted by atomic mass is 10.1. The summed E-state index contributed by atoms with van der Waals surface area (Å²) in [6, 6.07) is 11.0. The molecule has 0 aliphatic rings. The third kappa shape index (κ3) is 3.14. The van der Waals surface area contributed by atoms with Crippen molar-refractivity contribution in [3.63, 3.8) is 0 Å². The summed E-state index contributed by atoms with van der Waals surface area (Å²) in [6.45, 7) is 0.403. The fourth-order valence-corrected chi connectivity index (χ4v) is 1.89. The molecule has 104 valence electrons. The van der Waals surface area contributed by atoms with Crippen LogP contribution in [-0.4, -0.2) is 15.9 Å². The highest BCUT2D eigenvalue weighted by atomic mass is 16.3. The average molecular weight is 279 g/mol. The molecule has 5 nitrogen and oxygen atoms in total. The smallest absolute Gasteiger partial charge is 0.287 e. The van der Waals surface area contributed by atoms with Gasteiger partial charge in [0.2, 0.25) is 0 Å². The quantitative estimate of drug-likeness (QED) is 0.797. The van der Waals surface area contributed by atoms with Crippen molar-refractivity contribution in [2.75, 3.05) is 0 Å². The molecule has 0 aliphatic heterocycles. The predicted octanol–water partition coefficient (Wildman–Crippen LogP) is 2.67. The van der Waals surface area contributed by atoms with Gasteiger partial charge in [0.25, 0.3) is 5.91 Å². The zero-order valence-corrected chi connectivity index (χ0v) is 11.2. The predicted molar refractivity (Wildman–Crippen MR) is 77.3 cm³/mol. The Morgan fingerprint density at radius 1 is 1.14 bits per heavy atom. The summed E-state index contributed by atoms with van der Waals surface area (Å²) >= 11 is 0. The van der Waals surface area contributed by atoms with E-state index in [4.69, 9.17) is 4.42 Å². The van der Waals surface area contributed by atoms with Crippen molar-refractivity contribution in [3.8, 4) is 11.3 Å². The summed E-state index contributed by atoms with van der Waals surface area (Å²) in [6.07, 6.45) is 6.70. The largest absolute Gasteiger partial charge is 0.459 e. The second-order valence-corrected chi connectivity index (χ2v) is 4.45. The van der Waals surface area contributed by atoms with Gasteiger partial charge in [-0.1, -0.05) is 6.07 Å². The van der Waals surface area contributed by atoms with E-state index in [1.54, 1.807) is 30.7 Å². The number of amides is 1. The van der Waals surface area contributed by atoms with Crippen molar-refractivity contribution in [1.82, 2.24) is 15.3 Å². The van der Waals surface area contributed by atoms with E-state index in [0.29, 0.717) is 12.3 Å². The van der Waals surface area contributed by atoms with Crippen molar-refractivity contribution in [1.29, 1.82) is 0 Å². The van der Waals surface area contributed by atoms with Crippen LogP contribution >= 0.6 is 0 Å². The van der Waals surface area contributed by atoms with Gasteiger partial charge >= 0.3 is 0 Å². The number of carbonyl (C=O) groups is 1. The van der Waals surface area contributed by atoms with Crippen molar-refractivity contribution >= 4 is 5.91 Å². The third-order valence-corrected chi connectivity index (χ3v) is 2.98. The van der Waals surface area contributed by atoms with Crippen molar-refractivity contribution in [2.45, 2.75) is 6.54 Å². The first-order valence-electron chi connectivity index (χ1n) is 6.50. The lowest BCUT2D eigenvalue weighted by molar-refractivity contribution is 0.0923. The van der Waals surface area contributed by atoms with E-state index in [-0.39, 0.29) is 5.91 Å². The maximum Gasteiger partial charge on any atom is 0.287 e. The Morgan fingerprint density at radius 2 is 2.10 bits per heavy atom. The van der Waals surface area contributed by atoms with Crippen LogP contribution in [0, 0.1) is 0 Å². The molecule has 21 heavy (non-hydrogen) atoms. The van der Waals surface area contributed by atoms with Crippen LogP contribution in [0.1, 0.15) is 16.1 Å². The molecule has 3 rings (SSSR count). The molecule has 1 amide bonds. The van der Waals surface area contributed by atoms with Gasteiger partial charge in [-0.2, -0.15) is 0 Å². The Morgan fingerprint density at radius 3 is 2.76 bits per heavy atom. The standard InChI is InChI=1S/C16H13N3O2/c20-16(15-4-2-8-21-15)19-10-12-5-6-14(18-9-12)13-3-1-7-17-11-13/h1-9,11H,10H2,(H,19,20). The summed E-state index contributed by atoms with van der Waals surface area (Å²) in [5, 5.41) is 2.78. The monoisotopic (exact) mass is 279 g/mol. The zero-order chi connectivity index (χ0) is 14.5. The highest BCUT2D eigenvalue weighted by Crippen LogP contribution is 2.15. The fourth-order valence-electron chi connectivity index (χ4n) is 1.89. The fraction of sp³-hybridized carbons (Fsp3) is 0.0625. The second-order valence-electron chi connectivity index (χ2n) is 4.45. The van der Waals surface area contributed by atoms with Gasteiger partial charge in [0, 0.05) is 30.7 Å². The van der Waals surface area contributed by atoms with Gasteiger partial charge in [0.05, 0.1) is 12.0 Å². The maximum absolute atomic E-state index is 11.7. The molecule has 3 aromatic rings. The molecule has 0 aliphatic carbocycles. The van der Waals surface area contributed by atoms with E-state index in [9.17, 15) is 4.79 Å². The Balaban J connectivity index is 1.64. The minimum Gasteiger partial charge on any atom is -0.459 e. The minimum absolute atomic E-state index is 0.240. The molecule has 0 radical (unpaired) electrons. The third-order valence-electron chi connectivity index (χ3n) is 2.98. The maximum atomic E-state index is 11.7. The Labute approximate surface area is 121 Å². The van der Waals surface area contributed by atoms with Crippen LogP contribution < -0.4 is 5.32 Å². The van der Waals surface area contributed by atoms with E-state index >= 15 is 0 Å². The van der Waals surface area contributed by atoms with Gasteiger partial charge in [-0.25, -0.2) is 0 Å². The molecular formula is C16H13N3O2. The molecule has 3 heterocycles. The first kappa shape index (κ1) is 13.1. The normalized spacial score (nSPS) is 10.3. The molecule has 0 bridgehead atoms. The van der Waals surface area contributed by atoms with Gasteiger partial charge in [-0.3, -0.25) is 14.8 Å². The van der Waals surface area contributed by atoms with Gasteiger partial charge in [-0.15, -0.1) is 0 Å². The number of rotatable bonds is 4. The molecule has 5 heteroatoms. The van der Waals surface area contributed by atoms with E-state index in [2.05, 4.69) is 15.3 Å². The number of aromatic nitrogens is 2. The van der Waals surface area contributed by atoms with E-state index in [1.807, 2.05) is 24.3 Å². The molecular weight excluding hydrogens is 266 g/mol. The highest BCUT2D eigenvalue weighted by molar-refractivity contribution is 5.91. The number of pyridine rings is 2. The average Bonchev–Trinajstić information content (AvgIpc) is 3.08. The summed E-state index contributed by atoms with van der Waals surface area (Å²) in [7, 11) is 0. The van der Waals surface area contributed by atoms with Crippen molar-refractivity contribution in [3.05, 3.63) is 72.6 Å². The number of hydrogen-bond donors (Lipinski definition) is 1. The van der Waals surface area contributed by atoms with Gasteiger partial charge in [0.1, 0.15) is 0 Å². The second kappa shape index (κ2) is 6.00. The Kier molecular flexibility index (Phi) is 3.73. The molecule has 0 unspecified atom stereocenters. The van der Waals surface area contributed by atoms with Crippen LogP contribution in [0.5, 0.6) is 0 Å². The SMILES string of the molecule is O=C(NCc1ccc(-c2cccnc2)nc1)c1ccco1. The molecule has 1 N–H and O–H groups in total.